The molecule has 1 heterocycles. The van der Waals surface area contributed by atoms with E-state index in [9.17, 15) is 18.3 Å². The maximum atomic E-state index is 12.9. The number of halogens is 4. The number of benzene rings is 2. The number of nitrogens with one attached hydrogen (secondary N) is 3. The van der Waals surface area contributed by atoms with E-state index >= 15 is 0 Å². The molecule has 2 aromatic rings. The Labute approximate surface area is 214 Å². The van der Waals surface area contributed by atoms with Gasteiger partial charge in [0.15, 0.2) is 5.75 Å². The van der Waals surface area contributed by atoms with E-state index in [1.54, 1.807) is 12.1 Å². The quantitative estimate of drug-likeness (QED) is 0.350. The summed E-state index contributed by atoms with van der Waals surface area (Å²) in [4.78, 5) is 14.1. The van der Waals surface area contributed by atoms with Crippen molar-refractivity contribution in [3.63, 3.8) is 0 Å². The van der Waals surface area contributed by atoms with Gasteiger partial charge in [0.25, 0.3) is 0 Å². The van der Waals surface area contributed by atoms with Gasteiger partial charge in [-0.3, -0.25) is 4.90 Å². The molecule has 1 unspecified atom stereocenters. The maximum absolute atomic E-state index is 12.9. The smallest absolute Gasteiger partial charge is 0.323 e. The summed E-state index contributed by atoms with van der Waals surface area (Å²) in [6, 6.07) is 6.60. The zero-order chi connectivity index (χ0) is 23.5. The van der Waals surface area contributed by atoms with E-state index in [2.05, 4.69) is 20.3 Å². The number of carbonyl (C=O) groups excluding carboxylic acids is 1. The Kier molecular flexibility index (Phi) is 9.93. The number of nitrogens with zero attached hydrogens (tertiary/aromatic N) is 1. The lowest BCUT2D eigenvalue weighted by molar-refractivity contribution is 0.262. The van der Waals surface area contributed by atoms with Gasteiger partial charge in [0.2, 0.25) is 10.0 Å². The molecule has 1 atom stereocenters. The fraction of sp³-hybridized carbons (Fsp3) is 0.350. The first-order valence-electron chi connectivity index (χ1n) is 9.91. The van der Waals surface area contributed by atoms with Gasteiger partial charge in [0.1, 0.15) is 4.90 Å². The Hall–Kier alpha value is -1.46. The zero-order valence-corrected chi connectivity index (χ0v) is 21.5. The molecule has 2 amide bonds. The van der Waals surface area contributed by atoms with Gasteiger partial charge in [-0.05, 0) is 50.2 Å². The molecule has 0 radical (unpaired) electrons. The van der Waals surface area contributed by atoms with E-state index in [1.807, 2.05) is 6.92 Å². The van der Waals surface area contributed by atoms with Crippen molar-refractivity contribution in [2.75, 3.05) is 30.3 Å². The minimum Gasteiger partial charge on any atom is -0.504 e. The van der Waals surface area contributed by atoms with Gasteiger partial charge in [-0.2, -0.15) is 0 Å². The van der Waals surface area contributed by atoms with Crippen molar-refractivity contribution in [3.05, 3.63) is 45.4 Å². The van der Waals surface area contributed by atoms with Gasteiger partial charge >= 0.3 is 6.03 Å². The molecule has 33 heavy (non-hydrogen) atoms. The number of aromatic hydroxyl groups is 1. The Morgan fingerprint density at radius 1 is 1.12 bits per heavy atom. The molecule has 8 nitrogen and oxygen atoms in total. The van der Waals surface area contributed by atoms with Crippen LogP contribution < -0.4 is 15.4 Å². The summed E-state index contributed by atoms with van der Waals surface area (Å²) in [6.07, 6.45) is 1.88. The van der Waals surface area contributed by atoms with Gasteiger partial charge < -0.3 is 15.7 Å². The van der Waals surface area contributed by atoms with Crippen LogP contribution in [0, 0.1) is 0 Å². The average Bonchev–Trinajstić information content (AvgIpc) is 3.20. The van der Waals surface area contributed by atoms with Crippen molar-refractivity contribution in [3.8, 4) is 5.75 Å². The predicted molar refractivity (Wildman–Crippen MR) is 135 cm³/mol. The Morgan fingerprint density at radius 2 is 1.82 bits per heavy atom. The predicted octanol–water partition coefficient (Wildman–Crippen LogP) is 5.18. The molecule has 3 rings (SSSR count). The number of anilines is 2. The third kappa shape index (κ3) is 6.57. The molecule has 1 aliphatic heterocycles. The van der Waals surface area contributed by atoms with E-state index in [0.29, 0.717) is 0 Å². The van der Waals surface area contributed by atoms with Crippen molar-refractivity contribution in [1.29, 1.82) is 0 Å². The van der Waals surface area contributed by atoms with Crippen molar-refractivity contribution < 1.29 is 18.3 Å². The summed E-state index contributed by atoms with van der Waals surface area (Å²) in [5.74, 6) is -0.670. The van der Waals surface area contributed by atoms with Crippen LogP contribution in [0.15, 0.2) is 35.2 Å². The standard InChI is InChI=1S/C20H23Cl3N4O4S.ClH/c1-2-27-10-4-5-12(27)11-24-32(30,31)19-14(22)8-9-16(18(19)28)26-20(29)25-15-7-3-6-13(21)17(15)23;/h3,6-9,12,24,28H,2,4-5,10-11H2,1H3,(H2,25,26,29);1H. The number of carbonyl (C=O) groups is 1. The second-order valence-corrected chi connectivity index (χ2v) is 10.1. The third-order valence-electron chi connectivity index (χ3n) is 5.21. The van der Waals surface area contributed by atoms with Crippen LogP contribution in [0.25, 0.3) is 0 Å². The summed E-state index contributed by atoms with van der Waals surface area (Å²) in [7, 11) is -4.14. The number of hydrogen-bond acceptors (Lipinski definition) is 5. The van der Waals surface area contributed by atoms with Crippen LogP contribution in [0.3, 0.4) is 0 Å². The fourth-order valence-corrected chi connectivity index (χ4v) is 5.65. The van der Waals surface area contributed by atoms with E-state index in [4.69, 9.17) is 34.8 Å². The van der Waals surface area contributed by atoms with Gasteiger partial charge in [-0.15, -0.1) is 12.4 Å². The second kappa shape index (κ2) is 11.8. The normalized spacial score (nSPS) is 16.3. The fourth-order valence-electron chi connectivity index (χ4n) is 3.60. The monoisotopic (exact) mass is 556 g/mol. The van der Waals surface area contributed by atoms with E-state index in [-0.39, 0.29) is 51.4 Å². The topological polar surface area (TPSA) is 111 Å². The highest BCUT2D eigenvalue weighted by atomic mass is 35.5. The number of sulfonamides is 1. The molecule has 1 fully saturated rings. The Balaban J connectivity index is 0.00000385. The lowest BCUT2D eigenvalue weighted by Crippen LogP contribution is -2.40. The van der Waals surface area contributed by atoms with Crippen molar-refractivity contribution >= 4 is 74.6 Å². The van der Waals surface area contributed by atoms with Crippen LogP contribution in [-0.2, 0) is 10.0 Å². The van der Waals surface area contributed by atoms with Crippen LogP contribution in [0.1, 0.15) is 19.8 Å². The number of likely N-dealkylation sites (tertiary alicyclic amines) is 1. The highest BCUT2D eigenvalue weighted by molar-refractivity contribution is 7.89. The molecule has 0 aliphatic carbocycles. The number of phenols is 1. The zero-order valence-electron chi connectivity index (χ0n) is 17.6. The maximum Gasteiger partial charge on any atom is 0.323 e. The van der Waals surface area contributed by atoms with Crippen LogP contribution in [0.2, 0.25) is 15.1 Å². The summed E-state index contributed by atoms with van der Waals surface area (Å²) in [5, 5.41) is 15.7. The average molecular weight is 558 g/mol. The van der Waals surface area contributed by atoms with Crippen molar-refractivity contribution in [2.24, 2.45) is 0 Å². The third-order valence-corrected chi connectivity index (χ3v) is 7.96. The summed E-state index contributed by atoms with van der Waals surface area (Å²) >= 11 is 18.1. The molecule has 0 saturated carbocycles. The number of rotatable bonds is 7. The minimum absolute atomic E-state index is 0. The first-order chi connectivity index (χ1) is 15.1. The first-order valence-corrected chi connectivity index (χ1v) is 12.5. The molecule has 2 aromatic carbocycles. The van der Waals surface area contributed by atoms with E-state index in [1.165, 1.54) is 18.2 Å². The molecule has 0 aromatic heterocycles. The van der Waals surface area contributed by atoms with Gasteiger partial charge in [0, 0.05) is 12.6 Å². The molecule has 13 heteroatoms. The minimum atomic E-state index is -4.14. The van der Waals surface area contributed by atoms with Crippen molar-refractivity contribution in [2.45, 2.75) is 30.7 Å². The lowest BCUT2D eigenvalue weighted by atomic mass is 10.2. The molecule has 0 spiro atoms. The molecular weight excluding hydrogens is 534 g/mol. The number of phenolic OH excluding ortho intramolecular Hbond substituents is 1. The molecule has 1 saturated heterocycles. The summed E-state index contributed by atoms with van der Waals surface area (Å²) in [5.41, 5.74) is 0.109. The SMILES string of the molecule is CCN1CCCC1CNS(=O)(=O)c1c(Cl)ccc(NC(=O)Nc2cccc(Cl)c2Cl)c1O.Cl. The van der Waals surface area contributed by atoms with Crippen LogP contribution in [-0.4, -0.2) is 50.1 Å². The number of likely N-dealkylation sites (N-methyl/N-ethyl adjacent to an activating group) is 1. The van der Waals surface area contributed by atoms with Gasteiger partial charge in [-0.1, -0.05) is 47.8 Å². The van der Waals surface area contributed by atoms with Crippen LogP contribution in [0.5, 0.6) is 5.75 Å². The van der Waals surface area contributed by atoms with E-state index in [0.717, 1.165) is 25.9 Å². The van der Waals surface area contributed by atoms with Crippen molar-refractivity contribution in [1.82, 2.24) is 9.62 Å². The number of amides is 2. The summed E-state index contributed by atoms with van der Waals surface area (Å²) < 4.78 is 28.3. The molecule has 1 aliphatic rings. The van der Waals surface area contributed by atoms with Gasteiger partial charge in [-0.25, -0.2) is 17.9 Å². The molecular formula is C20H24Cl4N4O4S. The second-order valence-electron chi connectivity index (χ2n) is 7.23. The van der Waals surface area contributed by atoms with Crippen LogP contribution in [0.4, 0.5) is 16.2 Å². The number of hydrogen-bond donors (Lipinski definition) is 4. The summed E-state index contributed by atoms with van der Waals surface area (Å²) in [6.45, 7) is 3.95. The molecule has 4 N–H and O–H groups in total. The molecule has 182 valence electrons. The van der Waals surface area contributed by atoms with E-state index < -0.39 is 26.7 Å². The number of urea groups is 1. The highest BCUT2D eigenvalue weighted by Gasteiger charge is 2.29. The highest BCUT2D eigenvalue weighted by Crippen LogP contribution is 2.37. The molecule has 0 bridgehead atoms. The first kappa shape index (κ1) is 27.8. The van der Waals surface area contributed by atoms with Crippen LogP contribution >= 0.6 is 47.2 Å². The Bertz CT molecular complexity index is 1120. The van der Waals surface area contributed by atoms with Gasteiger partial charge in [0.05, 0.1) is 26.4 Å². The largest absolute Gasteiger partial charge is 0.504 e. The Morgan fingerprint density at radius 3 is 2.52 bits per heavy atom. The lowest BCUT2D eigenvalue weighted by Gasteiger charge is -2.23.